The summed E-state index contributed by atoms with van der Waals surface area (Å²) in [5, 5.41) is 0. The highest BCUT2D eigenvalue weighted by atomic mass is 16.7. The molecule has 0 saturated carbocycles. The monoisotopic (exact) mass is 314 g/mol. The minimum Gasteiger partial charge on any atom is -0.468 e. The average molecular weight is 314 g/mol. The number of methoxy groups -OCH3 is 1. The molecule has 0 spiro atoms. The molecule has 0 bridgehead atoms. The number of aryl methyl sites for hydroxylation is 1. The normalized spacial score (nSPS) is 19.1. The first kappa shape index (κ1) is 16.1. The minimum atomic E-state index is -0.499. The fourth-order valence-electron chi connectivity index (χ4n) is 2.49. The van der Waals surface area contributed by atoms with Crippen molar-refractivity contribution in [2.45, 2.75) is 45.8 Å². The third kappa shape index (κ3) is 2.77. The van der Waals surface area contributed by atoms with E-state index in [1.54, 1.807) is 7.11 Å². The van der Waals surface area contributed by atoms with Crippen LogP contribution in [-0.2, 0) is 9.31 Å². The third-order valence-corrected chi connectivity index (χ3v) is 4.68. The van der Waals surface area contributed by atoms with Crippen molar-refractivity contribution in [1.29, 1.82) is 0 Å². The van der Waals surface area contributed by atoms with Crippen LogP contribution in [0, 0.1) is 6.92 Å². The Balaban J connectivity index is 1.96. The Morgan fingerprint density at radius 3 is 2.13 bits per heavy atom. The van der Waals surface area contributed by atoms with Gasteiger partial charge in [-0.3, -0.25) is 4.57 Å². The van der Waals surface area contributed by atoms with Gasteiger partial charge in [0.2, 0.25) is 0 Å². The lowest BCUT2D eigenvalue weighted by atomic mass is 9.86. The van der Waals surface area contributed by atoms with Crippen molar-refractivity contribution in [1.82, 2.24) is 9.55 Å². The smallest absolute Gasteiger partial charge is 0.468 e. The van der Waals surface area contributed by atoms with Crippen LogP contribution in [0.1, 0.15) is 33.3 Å². The molecule has 0 unspecified atom stereocenters. The molecule has 5 nitrogen and oxygen atoms in total. The Morgan fingerprint density at radius 2 is 1.61 bits per heavy atom. The summed E-state index contributed by atoms with van der Waals surface area (Å²) in [6.07, 6.45) is 1.91. The zero-order valence-electron chi connectivity index (χ0n) is 14.6. The number of rotatable bonds is 3. The lowest BCUT2D eigenvalue weighted by Crippen LogP contribution is -2.41. The summed E-state index contributed by atoms with van der Waals surface area (Å²) in [5.41, 5.74) is 2.12. The Hall–Kier alpha value is -1.79. The van der Waals surface area contributed by atoms with Crippen LogP contribution in [0.4, 0.5) is 0 Å². The Labute approximate surface area is 137 Å². The van der Waals surface area contributed by atoms with E-state index in [1.165, 1.54) is 5.56 Å². The molecule has 1 aromatic heterocycles. The van der Waals surface area contributed by atoms with E-state index in [0.29, 0.717) is 11.6 Å². The predicted molar refractivity (Wildman–Crippen MR) is 90.6 cm³/mol. The summed E-state index contributed by atoms with van der Waals surface area (Å²) in [6, 6.07) is 8.70. The van der Waals surface area contributed by atoms with E-state index >= 15 is 0 Å². The fourth-order valence-corrected chi connectivity index (χ4v) is 2.49. The van der Waals surface area contributed by atoms with Crippen LogP contribution in [0.2, 0.25) is 0 Å². The standard InChI is InChI=1S/C17H23BN2O3/c1-12-7-9-13(10-8-12)20-11-14(19-15(20)21-6)18-22-16(2,3)17(4,5)23-18/h7-11H,1-6H3. The highest BCUT2D eigenvalue weighted by Crippen LogP contribution is 2.36. The zero-order chi connectivity index (χ0) is 16.8. The van der Waals surface area contributed by atoms with Gasteiger partial charge in [0.05, 0.1) is 29.6 Å². The molecule has 6 heteroatoms. The molecule has 0 atom stereocenters. The van der Waals surface area contributed by atoms with Gasteiger partial charge < -0.3 is 14.0 Å². The Morgan fingerprint density at radius 1 is 1.04 bits per heavy atom. The van der Waals surface area contributed by atoms with Crippen LogP contribution in [0.3, 0.4) is 0 Å². The lowest BCUT2D eigenvalue weighted by molar-refractivity contribution is 0.00578. The van der Waals surface area contributed by atoms with Crippen molar-refractivity contribution in [3.63, 3.8) is 0 Å². The van der Waals surface area contributed by atoms with E-state index in [1.807, 2.05) is 50.6 Å². The van der Waals surface area contributed by atoms with Crippen LogP contribution >= 0.6 is 0 Å². The number of ether oxygens (including phenoxy) is 1. The van der Waals surface area contributed by atoms with Gasteiger partial charge in [-0.05, 0) is 46.8 Å². The van der Waals surface area contributed by atoms with Crippen LogP contribution in [0.25, 0.3) is 5.69 Å². The topological polar surface area (TPSA) is 45.5 Å². The van der Waals surface area contributed by atoms with E-state index in [9.17, 15) is 0 Å². The Kier molecular flexibility index (Phi) is 3.77. The molecule has 0 amide bonds. The maximum absolute atomic E-state index is 6.06. The summed E-state index contributed by atoms with van der Waals surface area (Å²) in [7, 11) is 1.11. The fraction of sp³-hybridized carbons (Fsp3) is 0.471. The van der Waals surface area contributed by atoms with Crippen LogP contribution in [0.5, 0.6) is 6.01 Å². The van der Waals surface area contributed by atoms with Gasteiger partial charge in [0.1, 0.15) is 0 Å². The quantitative estimate of drug-likeness (QED) is 0.817. The van der Waals surface area contributed by atoms with Gasteiger partial charge in [-0.2, -0.15) is 0 Å². The molecule has 1 aliphatic heterocycles. The molecule has 1 saturated heterocycles. The van der Waals surface area contributed by atoms with Gasteiger partial charge in [0.15, 0.2) is 0 Å². The van der Waals surface area contributed by atoms with Crippen molar-refractivity contribution in [2.24, 2.45) is 0 Å². The second kappa shape index (κ2) is 5.39. The van der Waals surface area contributed by atoms with Crippen molar-refractivity contribution < 1.29 is 14.0 Å². The highest BCUT2D eigenvalue weighted by molar-refractivity contribution is 6.61. The van der Waals surface area contributed by atoms with Gasteiger partial charge in [-0.25, -0.2) is 4.98 Å². The van der Waals surface area contributed by atoms with Crippen molar-refractivity contribution in [2.75, 3.05) is 7.11 Å². The van der Waals surface area contributed by atoms with E-state index < -0.39 is 18.3 Å². The molecule has 0 radical (unpaired) electrons. The first-order valence-electron chi connectivity index (χ1n) is 7.79. The number of benzene rings is 1. The first-order valence-corrected chi connectivity index (χ1v) is 7.79. The van der Waals surface area contributed by atoms with Crippen molar-refractivity contribution in [3.8, 4) is 11.7 Å². The molecule has 1 aromatic carbocycles. The van der Waals surface area contributed by atoms with Gasteiger partial charge in [0.25, 0.3) is 6.01 Å². The number of imidazole rings is 1. The lowest BCUT2D eigenvalue weighted by Gasteiger charge is -2.32. The molecule has 0 aliphatic carbocycles. The van der Waals surface area contributed by atoms with E-state index in [-0.39, 0.29) is 0 Å². The molecule has 1 fully saturated rings. The van der Waals surface area contributed by atoms with Crippen molar-refractivity contribution in [3.05, 3.63) is 36.0 Å². The maximum Gasteiger partial charge on any atom is 0.516 e. The summed E-state index contributed by atoms with van der Waals surface area (Å²) in [4.78, 5) is 4.53. The summed E-state index contributed by atoms with van der Waals surface area (Å²) in [6.45, 7) is 10.2. The number of aromatic nitrogens is 2. The Bertz CT molecular complexity index is 691. The SMILES string of the molecule is COc1nc(B2OC(C)(C)C(C)(C)O2)cn1-c1ccc(C)cc1. The predicted octanol–water partition coefficient (Wildman–Crippen LogP) is 2.49. The molecule has 2 heterocycles. The number of nitrogens with zero attached hydrogens (tertiary/aromatic N) is 2. The molecule has 0 N–H and O–H groups in total. The van der Waals surface area contributed by atoms with E-state index in [4.69, 9.17) is 14.0 Å². The maximum atomic E-state index is 6.06. The van der Waals surface area contributed by atoms with Crippen LogP contribution < -0.4 is 10.3 Å². The highest BCUT2D eigenvalue weighted by Gasteiger charge is 2.52. The van der Waals surface area contributed by atoms with E-state index in [0.717, 1.165) is 5.69 Å². The zero-order valence-corrected chi connectivity index (χ0v) is 14.6. The molecular formula is C17H23BN2O3. The second-order valence-corrected chi connectivity index (χ2v) is 6.95. The summed E-state index contributed by atoms with van der Waals surface area (Å²) >= 11 is 0. The molecule has 2 aromatic rings. The van der Waals surface area contributed by atoms with Gasteiger partial charge in [0, 0.05) is 6.20 Å². The molecular weight excluding hydrogens is 291 g/mol. The minimum absolute atomic E-state index is 0.390. The third-order valence-electron chi connectivity index (χ3n) is 4.68. The van der Waals surface area contributed by atoms with Crippen LogP contribution in [-0.4, -0.2) is 35.0 Å². The van der Waals surface area contributed by atoms with Crippen molar-refractivity contribution >= 4 is 12.7 Å². The number of hydrogen-bond acceptors (Lipinski definition) is 4. The molecule has 1 aliphatic rings. The molecule has 23 heavy (non-hydrogen) atoms. The second-order valence-electron chi connectivity index (χ2n) is 6.95. The largest absolute Gasteiger partial charge is 0.516 e. The summed E-state index contributed by atoms with van der Waals surface area (Å²) in [5.74, 6) is 0. The average Bonchev–Trinajstić information content (AvgIpc) is 2.99. The molecule has 3 rings (SSSR count). The van der Waals surface area contributed by atoms with Gasteiger partial charge in [-0.15, -0.1) is 0 Å². The van der Waals surface area contributed by atoms with Gasteiger partial charge >= 0.3 is 7.12 Å². The van der Waals surface area contributed by atoms with Crippen LogP contribution in [0.15, 0.2) is 30.5 Å². The van der Waals surface area contributed by atoms with Gasteiger partial charge in [-0.1, -0.05) is 17.7 Å². The molecule has 122 valence electrons. The summed E-state index contributed by atoms with van der Waals surface area (Å²) < 4.78 is 19.4. The number of hydrogen-bond donors (Lipinski definition) is 0. The van der Waals surface area contributed by atoms with E-state index in [2.05, 4.69) is 24.0 Å². The first-order chi connectivity index (χ1) is 10.7.